The molecule has 0 radical (unpaired) electrons. The lowest BCUT2D eigenvalue weighted by atomic mass is 10.0. The van der Waals surface area contributed by atoms with Crippen molar-refractivity contribution < 1.29 is 0 Å². The molecular formula is C22H34N4. The quantitative estimate of drug-likeness (QED) is 0.467. The van der Waals surface area contributed by atoms with E-state index in [2.05, 4.69) is 65.2 Å². The standard InChI is InChI=1S/C22H34N4/c1-5-12-26-13-10-19(11-14-26)24-22(23-4)25-21-15-20(21)18-8-6-17(7-9-18)16(2)3/h5-9,16,19-21H,1,10-15H2,2-4H3,(H2,23,24,25). The molecule has 1 aliphatic carbocycles. The Hall–Kier alpha value is -1.81. The highest BCUT2D eigenvalue weighted by Gasteiger charge is 2.39. The topological polar surface area (TPSA) is 39.7 Å². The highest BCUT2D eigenvalue weighted by atomic mass is 15.2. The van der Waals surface area contributed by atoms with Gasteiger partial charge in [0.05, 0.1) is 0 Å². The Kier molecular flexibility index (Phi) is 6.36. The first-order valence-corrected chi connectivity index (χ1v) is 10.0. The number of nitrogens with one attached hydrogen (secondary N) is 2. The molecule has 4 heteroatoms. The van der Waals surface area contributed by atoms with Crippen LogP contribution >= 0.6 is 0 Å². The van der Waals surface area contributed by atoms with Crippen molar-refractivity contribution in [2.75, 3.05) is 26.7 Å². The lowest BCUT2D eigenvalue weighted by Crippen LogP contribution is -2.49. The second-order valence-electron chi connectivity index (χ2n) is 7.99. The molecule has 2 aliphatic rings. The van der Waals surface area contributed by atoms with Gasteiger partial charge in [0.2, 0.25) is 0 Å². The Morgan fingerprint density at radius 1 is 1.23 bits per heavy atom. The molecule has 2 fully saturated rings. The van der Waals surface area contributed by atoms with E-state index in [0.717, 1.165) is 25.6 Å². The molecule has 4 nitrogen and oxygen atoms in total. The molecule has 2 N–H and O–H groups in total. The van der Waals surface area contributed by atoms with Crippen molar-refractivity contribution in [3.05, 3.63) is 48.0 Å². The van der Waals surface area contributed by atoms with Gasteiger partial charge in [-0.1, -0.05) is 44.2 Å². The van der Waals surface area contributed by atoms with E-state index in [-0.39, 0.29) is 0 Å². The molecular weight excluding hydrogens is 320 g/mol. The molecule has 0 aromatic heterocycles. The third-order valence-electron chi connectivity index (χ3n) is 5.68. The van der Waals surface area contributed by atoms with Gasteiger partial charge in [-0.2, -0.15) is 0 Å². The number of benzene rings is 1. The molecule has 1 aromatic carbocycles. The third-order valence-corrected chi connectivity index (χ3v) is 5.68. The van der Waals surface area contributed by atoms with E-state index in [1.54, 1.807) is 0 Å². The molecule has 3 rings (SSSR count). The molecule has 26 heavy (non-hydrogen) atoms. The predicted octanol–water partition coefficient (Wildman–Crippen LogP) is 3.48. The molecule has 1 saturated heterocycles. The van der Waals surface area contributed by atoms with Gasteiger partial charge in [-0.15, -0.1) is 6.58 Å². The summed E-state index contributed by atoms with van der Waals surface area (Å²) in [5.41, 5.74) is 2.86. The molecule has 1 aliphatic heterocycles. The van der Waals surface area contributed by atoms with Gasteiger partial charge >= 0.3 is 0 Å². The summed E-state index contributed by atoms with van der Waals surface area (Å²) in [6, 6.07) is 10.2. The van der Waals surface area contributed by atoms with Crippen molar-refractivity contribution in [1.82, 2.24) is 15.5 Å². The molecule has 0 amide bonds. The van der Waals surface area contributed by atoms with Crippen LogP contribution in [0.25, 0.3) is 0 Å². The van der Waals surface area contributed by atoms with Gasteiger partial charge in [0.15, 0.2) is 5.96 Å². The summed E-state index contributed by atoms with van der Waals surface area (Å²) in [6.07, 6.45) is 5.52. The van der Waals surface area contributed by atoms with Crippen LogP contribution in [0.1, 0.15) is 56.1 Å². The highest BCUT2D eigenvalue weighted by Crippen LogP contribution is 2.41. The van der Waals surface area contributed by atoms with E-state index >= 15 is 0 Å². The maximum Gasteiger partial charge on any atom is 0.191 e. The molecule has 142 valence electrons. The average Bonchev–Trinajstić information content (AvgIpc) is 3.42. The van der Waals surface area contributed by atoms with Crippen LogP contribution in [0, 0.1) is 0 Å². The van der Waals surface area contributed by atoms with E-state index in [0.29, 0.717) is 23.9 Å². The van der Waals surface area contributed by atoms with Crippen molar-refractivity contribution in [2.45, 2.75) is 57.0 Å². The molecule has 2 unspecified atom stereocenters. The minimum atomic E-state index is 0.506. The number of piperidine rings is 1. The fraction of sp³-hybridized carbons (Fsp3) is 0.591. The van der Waals surface area contributed by atoms with Gasteiger partial charge in [-0.3, -0.25) is 9.89 Å². The van der Waals surface area contributed by atoms with Crippen molar-refractivity contribution >= 4 is 5.96 Å². The first-order valence-electron chi connectivity index (χ1n) is 10.0. The van der Waals surface area contributed by atoms with Crippen LogP contribution in [0.5, 0.6) is 0 Å². The summed E-state index contributed by atoms with van der Waals surface area (Å²) in [4.78, 5) is 6.91. The van der Waals surface area contributed by atoms with Crippen molar-refractivity contribution in [2.24, 2.45) is 4.99 Å². The second-order valence-corrected chi connectivity index (χ2v) is 7.99. The monoisotopic (exact) mass is 354 g/mol. The van der Waals surface area contributed by atoms with Gasteiger partial charge in [0.25, 0.3) is 0 Å². The first kappa shape index (κ1) is 19.0. The zero-order chi connectivity index (χ0) is 18.5. The van der Waals surface area contributed by atoms with E-state index in [1.807, 2.05) is 13.1 Å². The van der Waals surface area contributed by atoms with E-state index < -0.39 is 0 Å². The van der Waals surface area contributed by atoms with Gasteiger partial charge in [0.1, 0.15) is 0 Å². The van der Waals surface area contributed by atoms with Crippen molar-refractivity contribution in [3.8, 4) is 0 Å². The SMILES string of the molecule is C=CCN1CCC(NC(=NC)NC2CC2c2ccc(C(C)C)cc2)CC1. The highest BCUT2D eigenvalue weighted by molar-refractivity contribution is 5.80. The lowest BCUT2D eigenvalue weighted by molar-refractivity contribution is 0.225. The van der Waals surface area contributed by atoms with Crippen LogP contribution in [-0.4, -0.2) is 49.6 Å². The molecule has 1 heterocycles. The molecule has 1 saturated carbocycles. The van der Waals surface area contributed by atoms with Gasteiger partial charge in [-0.05, 0) is 36.3 Å². The summed E-state index contributed by atoms with van der Waals surface area (Å²) in [6.45, 7) is 11.6. The van der Waals surface area contributed by atoms with E-state index in [9.17, 15) is 0 Å². The summed E-state index contributed by atoms with van der Waals surface area (Å²) in [5.74, 6) is 2.17. The largest absolute Gasteiger partial charge is 0.354 e. The normalized spacial score (nSPS) is 24.5. The minimum absolute atomic E-state index is 0.506. The molecule has 0 bridgehead atoms. The number of rotatable bonds is 6. The summed E-state index contributed by atoms with van der Waals surface area (Å²) in [7, 11) is 1.87. The smallest absolute Gasteiger partial charge is 0.191 e. The van der Waals surface area contributed by atoms with Crippen molar-refractivity contribution in [3.63, 3.8) is 0 Å². The fourth-order valence-corrected chi connectivity index (χ4v) is 3.83. The second kappa shape index (κ2) is 8.72. The summed E-state index contributed by atoms with van der Waals surface area (Å²) in [5, 5.41) is 7.24. The lowest BCUT2D eigenvalue weighted by Gasteiger charge is -2.32. The summed E-state index contributed by atoms with van der Waals surface area (Å²) < 4.78 is 0. The molecule has 1 aromatic rings. The maximum absolute atomic E-state index is 4.45. The number of aliphatic imine (C=N–C) groups is 1. The molecule has 2 atom stereocenters. The average molecular weight is 355 g/mol. The number of hydrogen-bond acceptors (Lipinski definition) is 2. The van der Waals surface area contributed by atoms with Crippen molar-refractivity contribution in [1.29, 1.82) is 0 Å². The molecule has 0 spiro atoms. The number of guanidine groups is 1. The van der Waals surface area contributed by atoms with E-state index in [1.165, 1.54) is 30.4 Å². The number of hydrogen-bond donors (Lipinski definition) is 2. The van der Waals surface area contributed by atoms with Crippen LogP contribution in [-0.2, 0) is 0 Å². The predicted molar refractivity (Wildman–Crippen MR) is 111 cm³/mol. The zero-order valence-electron chi connectivity index (χ0n) is 16.5. The Labute approximate surface area is 158 Å². The Bertz CT molecular complexity index is 612. The van der Waals surface area contributed by atoms with Crippen LogP contribution in [0.4, 0.5) is 0 Å². The Morgan fingerprint density at radius 3 is 2.50 bits per heavy atom. The third kappa shape index (κ3) is 4.88. The first-order chi connectivity index (χ1) is 12.6. The van der Waals surface area contributed by atoms with E-state index in [4.69, 9.17) is 0 Å². The van der Waals surface area contributed by atoms with Gasteiger partial charge < -0.3 is 10.6 Å². The summed E-state index contributed by atoms with van der Waals surface area (Å²) >= 11 is 0. The van der Waals surface area contributed by atoms with Crippen LogP contribution in [0.3, 0.4) is 0 Å². The zero-order valence-corrected chi connectivity index (χ0v) is 16.5. The Balaban J connectivity index is 1.46. The van der Waals surface area contributed by atoms with Gasteiger partial charge in [0, 0.05) is 44.7 Å². The number of nitrogens with zero attached hydrogens (tertiary/aromatic N) is 2. The van der Waals surface area contributed by atoms with Gasteiger partial charge in [-0.25, -0.2) is 0 Å². The number of likely N-dealkylation sites (tertiary alicyclic amines) is 1. The fourth-order valence-electron chi connectivity index (χ4n) is 3.83. The Morgan fingerprint density at radius 2 is 1.92 bits per heavy atom. The van der Waals surface area contributed by atoms with Crippen LogP contribution in [0.15, 0.2) is 41.9 Å². The minimum Gasteiger partial charge on any atom is -0.354 e. The van der Waals surface area contributed by atoms with Crippen LogP contribution in [0.2, 0.25) is 0 Å². The van der Waals surface area contributed by atoms with Crippen LogP contribution < -0.4 is 10.6 Å². The maximum atomic E-state index is 4.45.